The van der Waals surface area contributed by atoms with Gasteiger partial charge in [0.25, 0.3) is 0 Å². The standard InChI is InChI=1S/C9H15NO3S/c1-4-5-6-7-10-9(11)8(2)14(3,12)13/h8H,6-7H2,1-3H3,(H,10,11). The molecule has 0 aliphatic carbocycles. The first-order chi connectivity index (χ1) is 6.39. The normalized spacial score (nSPS) is 12.5. The van der Waals surface area contributed by atoms with Crippen LogP contribution in [-0.2, 0) is 14.6 Å². The van der Waals surface area contributed by atoms with Crippen LogP contribution >= 0.6 is 0 Å². The number of carbonyl (C=O) groups excluding carboxylic acids is 1. The Bertz CT molecular complexity index is 348. The summed E-state index contributed by atoms with van der Waals surface area (Å²) < 4.78 is 21.9. The second-order valence-electron chi connectivity index (χ2n) is 2.94. The van der Waals surface area contributed by atoms with Crippen molar-refractivity contribution in [2.45, 2.75) is 25.5 Å². The van der Waals surface area contributed by atoms with Gasteiger partial charge in [-0.15, -0.1) is 11.8 Å². The molecule has 0 fully saturated rings. The summed E-state index contributed by atoms with van der Waals surface area (Å²) >= 11 is 0. The van der Waals surface area contributed by atoms with Crippen LogP contribution in [0.5, 0.6) is 0 Å². The van der Waals surface area contributed by atoms with Gasteiger partial charge in [-0.1, -0.05) is 0 Å². The molecule has 1 amide bonds. The van der Waals surface area contributed by atoms with E-state index in [1.165, 1.54) is 6.92 Å². The number of hydrogen-bond acceptors (Lipinski definition) is 3. The SMILES string of the molecule is CC#CCCNC(=O)C(C)S(C)(=O)=O. The molecule has 80 valence electrons. The lowest BCUT2D eigenvalue weighted by Crippen LogP contribution is -2.37. The van der Waals surface area contributed by atoms with Crippen molar-refractivity contribution < 1.29 is 13.2 Å². The Balaban J connectivity index is 4.02. The largest absolute Gasteiger partial charge is 0.354 e. The zero-order valence-electron chi connectivity index (χ0n) is 8.62. The van der Waals surface area contributed by atoms with Gasteiger partial charge in [-0.25, -0.2) is 8.42 Å². The minimum Gasteiger partial charge on any atom is -0.354 e. The smallest absolute Gasteiger partial charge is 0.238 e. The Morgan fingerprint density at radius 2 is 2.07 bits per heavy atom. The molecule has 4 nitrogen and oxygen atoms in total. The third-order valence-electron chi connectivity index (χ3n) is 1.74. The van der Waals surface area contributed by atoms with E-state index in [2.05, 4.69) is 17.2 Å². The van der Waals surface area contributed by atoms with E-state index in [0.717, 1.165) is 6.26 Å². The van der Waals surface area contributed by atoms with Crippen LogP contribution in [-0.4, -0.2) is 32.4 Å². The first kappa shape index (κ1) is 13.0. The second-order valence-corrected chi connectivity index (χ2v) is 5.31. The highest BCUT2D eigenvalue weighted by atomic mass is 32.2. The highest BCUT2D eigenvalue weighted by Crippen LogP contribution is 1.97. The van der Waals surface area contributed by atoms with E-state index in [1.54, 1.807) is 6.92 Å². The van der Waals surface area contributed by atoms with Crippen LogP contribution in [0.1, 0.15) is 20.3 Å². The summed E-state index contributed by atoms with van der Waals surface area (Å²) in [6.45, 7) is 3.47. The summed E-state index contributed by atoms with van der Waals surface area (Å²) in [4.78, 5) is 11.2. The van der Waals surface area contributed by atoms with Crippen molar-refractivity contribution in [1.82, 2.24) is 5.32 Å². The Kier molecular flexibility index (Phi) is 5.24. The molecule has 0 aromatic rings. The summed E-state index contributed by atoms with van der Waals surface area (Å²) in [6, 6.07) is 0. The zero-order chi connectivity index (χ0) is 11.2. The Hall–Kier alpha value is -1.02. The zero-order valence-corrected chi connectivity index (χ0v) is 9.44. The maximum Gasteiger partial charge on any atom is 0.238 e. The maximum atomic E-state index is 11.2. The van der Waals surface area contributed by atoms with Gasteiger partial charge >= 0.3 is 0 Å². The average Bonchev–Trinajstić information content (AvgIpc) is 2.09. The molecule has 0 aliphatic heterocycles. The minimum absolute atomic E-state index is 0.388. The van der Waals surface area contributed by atoms with Gasteiger partial charge in [0, 0.05) is 19.2 Å². The van der Waals surface area contributed by atoms with Crippen LogP contribution < -0.4 is 5.32 Å². The molecule has 0 saturated heterocycles. The van der Waals surface area contributed by atoms with E-state index in [-0.39, 0.29) is 0 Å². The number of rotatable bonds is 4. The van der Waals surface area contributed by atoms with Gasteiger partial charge in [0.15, 0.2) is 9.84 Å². The fraction of sp³-hybridized carbons (Fsp3) is 0.667. The van der Waals surface area contributed by atoms with Crippen LogP contribution in [0.2, 0.25) is 0 Å². The molecule has 1 unspecified atom stereocenters. The van der Waals surface area contributed by atoms with E-state index in [9.17, 15) is 13.2 Å². The molecule has 0 spiro atoms. The summed E-state index contributed by atoms with van der Waals surface area (Å²) in [6.07, 6.45) is 1.59. The van der Waals surface area contributed by atoms with E-state index < -0.39 is 21.0 Å². The Labute approximate surface area is 85.0 Å². The van der Waals surface area contributed by atoms with Gasteiger partial charge in [0.2, 0.25) is 5.91 Å². The van der Waals surface area contributed by atoms with Crippen molar-refractivity contribution >= 4 is 15.7 Å². The van der Waals surface area contributed by atoms with Crippen molar-refractivity contribution in [2.24, 2.45) is 0 Å². The molecule has 0 aromatic carbocycles. The van der Waals surface area contributed by atoms with E-state index >= 15 is 0 Å². The van der Waals surface area contributed by atoms with Crippen LogP contribution in [0.3, 0.4) is 0 Å². The number of sulfone groups is 1. The molecule has 14 heavy (non-hydrogen) atoms. The van der Waals surface area contributed by atoms with Gasteiger partial charge in [0.05, 0.1) is 0 Å². The quantitative estimate of drug-likeness (QED) is 0.530. The van der Waals surface area contributed by atoms with Gasteiger partial charge in [0.1, 0.15) is 5.25 Å². The second kappa shape index (κ2) is 5.66. The van der Waals surface area contributed by atoms with Gasteiger partial charge < -0.3 is 5.32 Å². The predicted molar refractivity (Wildman–Crippen MR) is 55.4 cm³/mol. The number of hydrogen-bond donors (Lipinski definition) is 1. The third-order valence-corrected chi connectivity index (χ3v) is 3.24. The fourth-order valence-electron chi connectivity index (χ4n) is 0.711. The first-order valence-corrected chi connectivity index (χ1v) is 6.21. The molecule has 0 bridgehead atoms. The molecule has 5 heteroatoms. The molecule has 0 radical (unpaired) electrons. The summed E-state index contributed by atoms with van der Waals surface area (Å²) in [5.41, 5.74) is 0. The van der Waals surface area contributed by atoms with Gasteiger partial charge in [-0.05, 0) is 13.8 Å². The van der Waals surface area contributed by atoms with Crippen LogP contribution in [0, 0.1) is 11.8 Å². The van der Waals surface area contributed by atoms with Crippen molar-refractivity contribution in [2.75, 3.05) is 12.8 Å². The first-order valence-electron chi connectivity index (χ1n) is 4.25. The third kappa shape index (κ3) is 4.87. The van der Waals surface area contributed by atoms with Crippen molar-refractivity contribution in [3.05, 3.63) is 0 Å². The maximum absolute atomic E-state index is 11.2. The van der Waals surface area contributed by atoms with E-state index in [4.69, 9.17) is 0 Å². The minimum atomic E-state index is -3.29. The lowest BCUT2D eigenvalue weighted by atomic mass is 10.4. The highest BCUT2D eigenvalue weighted by Gasteiger charge is 2.22. The molecule has 1 atom stereocenters. The van der Waals surface area contributed by atoms with Crippen LogP contribution in [0.4, 0.5) is 0 Å². The summed E-state index contributed by atoms with van der Waals surface area (Å²) in [5.74, 6) is 4.98. The predicted octanol–water partition coefficient (Wildman–Crippen LogP) is -0.0509. The molecule has 1 N–H and O–H groups in total. The average molecular weight is 217 g/mol. The lowest BCUT2D eigenvalue weighted by Gasteiger charge is -2.08. The molecule has 0 rings (SSSR count). The van der Waals surface area contributed by atoms with Crippen LogP contribution in [0.25, 0.3) is 0 Å². The van der Waals surface area contributed by atoms with Crippen molar-refractivity contribution in [3.63, 3.8) is 0 Å². The van der Waals surface area contributed by atoms with E-state index in [1.807, 2.05) is 0 Å². The molecular weight excluding hydrogens is 202 g/mol. The van der Waals surface area contributed by atoms with Crippen molar-refractivity contribution in [3.8, 4) is 11.8 Å². The lowest BCUT2D eigenvalue weighted by molar-refractivity contribution is -0.120. The summed E-state index contributed by atoms with van der Waals surface area (Å²) in [5, 5.41) is 1.51. The Morgan fingerprint density at radius 1 is 1.50 bits per heavy atom. The van der Waals surface area contributed by atoms with E-state index in [0.29, 0.717) is 13.0 Å². The molecule has 0 aliphatic rings. The molecule has 0 aromatic heterocycles. The number of carbonyl (C=O) groups is 1. The van der Waals surface area contributed by atoms with Gasteiger partial charge in [-0.2, -0.15) is 0 Å². The highest BCUT2D eigenvalue weighted by molar-refractivity contribution is 7.92. The summed E-state index contributed by atoms with van der Waals surface area (Å²) in [7, 11) is -3.29. The Morgan fingerprint density at radius 3 is 2.50 bits per heavy atom. The van der Waals surface area contributed by atoms with Crippen molar-refractivity contribution in [1.29, 1.82) is 0 Å². The number of nitrogens with one attached hydrogen (secondary N) is 1. The van der Waals surface area contributed by atoms with Crippen LogP contribution in [0.15, 0.2) is 0 Å². The number of amides is 1. The molecule has 0 saturated carbocycles. The fourth-order valence-corrected chi connectivity index (χ4v) is 1.18. The molecular formula is C9H15NO3S. The van der Waals surface area contributed by atoms with Gasteiger partial charge in [-0.3, -0.25) is 4.79 Å². The molecule has 0 heterocycles. The topological polar surface area (TPSA) is 63.2 Å². The monoisotopic (exact) mass is 217 g/mol.